The summed E-state index contributed by atoms with van der Waals surface area (Å²) in [5, 5.41) is 8.35. The average Bonchev–Trinajstić information content (AvgIpc) is 3.44. The van der Waals surface area contributed by atoms with Crippen LogP contribution in [0, 0.1) is 32.8 Å². The molecule has 0 spiro atoms. The lowest BCUT2D eigenvalue weighted by Gasteiger charge is -2.19. The molecule has 281 valence electrons. The number of ether oxygens (including phenoxy) is 1. The van der Waals surface area contributed by atoms with E-state index in [4.69, 9.17) is 9.57 Å². The Morgan fingerprint density at radius 3 is 2.31 bits per heavy atom. The molecule has 1 heterocycles. The molecule has 6 aromatic rings. The normalized spacial score (nSPS) is 13.0. The highest BCUT2D eigenvalue weighted by molar-refractivity contribution is 6.23. The van der Waals surface area contributed by atoms with E-state index in [1.165, 1.54) is 13.0 Å². The molecule has 9 heteroatoms. The molecule has 0 aliphatic heterocycles. The van der Waals surface area contributed by atoms with E-state index in [0.717, 1.165) is 92.6 Å². The van der Waals surface area contributed by atoms with E-state index < -0.39 is 24.9 Å². The maximum atomic E-state index is 14.0. The monoisotopic (exact) mass is 737 g/mol. The van der Waals surface area contributed by atoms with E-state index in [1.54, 1.807) is 18.2 Å². The summed E-state index contributed by atoms with van der Waals surface area (Å²) in [5.41, 5.74) is 8.41. The molecule has 1 radical (unpaired) electrons. The Morgan fingerprint density at radius 2 is 1.63 bits per heavy atom. The molecule has 1 atom stereocenters. The maximum Gasteiger partial charge on any atom is 0.340 e. The molecule has 0 aliphatic carbocycles. The molecular formula is C45H45F4N2O3. The first-order valence-corrected chi connectivity index (χ1v) is 18.5. The number of hydrogen-bond donors (Lipinski definition) is 0. The number of oxime groups is 1. The van der Waals surface area contributed by atoms with Crippen LogP contribution in [0.15, 0.2) is 84.0 Å². The second-order valence-corrected chi connectivity index (χ2v) is 14.1. The van der Waals surface area contributed by atoms with Crippen LogP contribution in [0.1, 0.15) is 74.3 Å². The molecule has 5 aromatic carbocycles. The van der Waals surface area contributed by atoms with Crippen LogP contribution in [-0.4, -0.2) is 35.2 Å². The zero-order valence-corrected chi connectivity index (χ0v) is 31.5. The first-order chi connectivity index (χ1) is 25.8. The minimum absolute atomic E-state index is 0.109. The van der Waals surface area contributed by atoms with Gasteiger partial charge < -0.3 is 14.1 Å². The quantitative estimate of drug-likeness (QED) is 0.0484. The number of aryl methyl sites for hydroxylation is 3. The molecule has 5 nitrogen and oxygen atoms in total. The number of unbranched alkanes of at least 4 members (excludes halogenated alkanes) is 1. The Bertz CT molecular complexity index is 2340. The Kier molecular flexibility index (Phi) is 11.5. The number of fused-ring (bicyclic) bond motifs is 5. The predicted octanol–water partition coefficient (Wildman–Crippen LogP) is 12.2. The summed E-state index contributed by atoms with van der Waals surface area (Å²) >= 11 is 0. The largest absolute Gasteiger partial charge is 0.486 e. The van der Waals surface area contributed by atoms with Gasteiger partial charge in [0.15, 0.2) is 6.61 Å². The van der Waals surface area contributed by atoms with Gasteiger partial charge in [-0.2, -0.15) is 8.78 Å². The van der Waals surface area contributed by atoms with Gasteiger partial charge in [-0.1, -0.05) is 86.8 Å². The van der Waals surface area contributed by atoms with Crippen LogP contribution in [0.2, 0.25) is 0 Å². The molecule has 0 fully saturated rings. The fourth-order valence-corrected chi connectivity index (χ4v) is 7.58. The summed E-state index contributed by atoms with van der Waals surface area (Å²) < 4.78 is 61.9. The molecular weight excluding hydrogens is 692 g/mol. The van der Waals surface area contributed by atoms with Crippen molar-refractivity contribution >= 4 is 44.3 Å². The van der Waals surface area contributed by atoms with Crippen molar-refractivity contribution in [3.05, 3.63) is 113 Å². The highest BCUT2D eigenvalue weighted by atomic mass is 19.3. The molecule has 0 N–H and O–H groups in total. The van der Waals surface area contributed by atoms with Gasteiger partial charge in [-0.25, -0.2) is 13.6 Å². The Labute approximate surface area is 313 Å². The lowest BCUT2D eigenvalue weighted by Crippen LogP contribution is -2.34. The third kappa shape index (κ3) is 7.72. The summed E-state index contributed by atoms with van der Waals surface area (Å²) in [6, 6.07) is 28.4. The van der Waals surface area contributed by atoms with Gasteiger partial charge in [-0.3, -0.25) is 0 Å². The Morgan fingerprint density at radius 1 is 0.907 bits per heavy atom. The van der Waals surface area contributed by atoms with Crippen LogP contribution < -0.4 is 4.74 Å². The summed E-state index contributed by atoms with van der Waals surface area (Å²) in [7, 11) is 0. The van der Waals surface area contributed by atoms with E-state index in [2.05, 4.69) is 79.9 Å². The lowest BCUT2D eigenvalue weighted by molar-refractivity contribution is -0.148. The number of para-hydroxylation sites is 1. The SMILES string of the molecule is CCCCC(CC)Cn1c2ccc(C(=NOC(C)=O)c3ccccc3OCC(F)(F)C(F)F)cc2c2cc(-c3c(C)[c]c(C)cc3C)c3ccccc3c21. The van der Waals surface area contributed by atoms with Crippen molar-refractivity contribution in [2.45, 2.75) is 86.1 Å². The van der Waals surface area contributed by atoms with Crippen LogP contribution in [0.3, 0.4) is 0 Å². The van der Waals surface area contributed by atoms with Gasteiger partial charge in [0.25, 0.3) is 0 Å². The molecule has 0 bridgehead atoms. The van der Waals surface area contributed by atoms with Crippen molar-refractivity contribution < 1.29 is 31.9 Å². The van der Waals surface area contributed by atoms with Crippen molar-refractivity contribution in [3.63, 3.8) is 0 Å². The zero-order chi connectivity index (χ0) is 38.7. The molecule has 6 rings (SSSR count). The summed E-state index contributed by atoms with van der Waals surface area (Å²) in [6.07, 6.45) is 0.460. The van der Waals surface area contributed by atoms with Crippen molar-refractivity contribution in [2.24, 2.45) is 11.1 Å². The highest BCUT2D eigenvalue weighted by Crippen LogP contribution is 2.43. The highest BCUT2D eigenvalue weighted by Gasteiger charge is 2.42. The topological polar surface area (TPSA) is 52.8 Å². The number of carbonyl (C=O) groups excluding carboxylic acids is 1. The van der Waals surface area contributed by atoms with Gasteiger partial charge in [0.2, 0.25) is 0 Å². The number of alkyl halides is 4. The standard InChI is InChI=1S/C45H45F4N2O3/c1-7-9-14-31(8-2)25-51-39-20-19-32(42(50-54-30(6)52)35-17-12-13-18-40(35)53-26-45(48,49)44(46)47)23-36(39)38-24-37(33-15-10-11-16-34(33)43(38)51)41-28(4)21-27(3)22-29(41)5/h10-13,15-21,23-24,31,44H,7-9,14,25-26H2,1-6H3. The number of benzene rings is 5. The third-order valence-corrected chi connectivity index (χ3v) is 10.1. The maximum absolute atomic E-state index is 14.0. The van der Waals surface area contributed by atoms with E-state index in [-0.39, 0.29) is 17.0 Å². The predicted molar refractivity (Wildman–Crippen MR) is 209 cm³/mol. The number of nitrogens with zero attached hydrogens (tertiary/aromatic N) is 2. The number of aromatic nitrogens is 1. The second kappa shape index (κ2) is 16.0. The fraction of sp³-hybridized carbons (Fsp3) is 0.333. The Balaban J connectivity index is 1.64. The van der Waals surface area contributed by atoms with Gasteiger partial charge in [0.1, 0.15) is 11.5 Å². The minimum Gasteiger partial charge on any atom is -0.486 e. The van der Waals surface area contributed by atoms with Gasteiger partial charge in [0, 0.05) is 46.3 Å². The minimum atomic E-state index is -4.37. The second-order valence-electron chi connectivity index (χ2n) is 14.1. The first kappa shape index (κ1) is 38.5. The zero-order valence-electron chi connectivity index (χ0n) is 31.5. The van der Waals surface area contributed by atoms with Crippen molar-refractivity contribution in [3.8, 4) is 16.9 Å². The number of rotatable bonds is 14. The van der Waals surface area contributed by atoms with E-state index in [0.29, 0.717) is 11.5 Å². The first-order valence-electron chi connectivity index (χ1n) is 18.5. The van der Waals surface area contributed by atoms with Crippen molar-refractivity contribution in [2.75, 3.05) is 6.61 Å². The third-order valence-electron chi connectivity index (χ3n) is 10.1. The fourth-order valence-electron chi connectivity index (χ4n) is 7.58. The van der Waals surface area contributed by atoms with Gasteiger partial charge >= 0.3 is 18.3 Å². The van der Waals surface area contributed by atoms with Gasteiger partial charge in [-0.05, 0) is 103 Å². The smallest absolute Gasteiger partial charge is 0.340 e. The number of halogens is 4. The van der Waals surface area contributed by atoms with Crippen molar-refractivity contribution in [1.29, 1.82) is 0 Å². The van der Waals surface area contributed by atoms with Gasteiger partial charge in [0.05, 0.1) is 5.52 Å². The summed E-state index contributed by atoms with van der Waals surface area (Å²) in [6.45, 7) is 11.2. The number of carbonyl (C=O) groups is 1. The van der Waals surface area contributed by atoms with E-state index in [1.807, 2.05) is 25.1 Å². The number of hydrogen-bond acceptors (Lipinski definition) is 4. The molecule has 0 saturated heterocycles. The average molecular weight is 738 g/mol. The van der Waals surface area contributed by atoms with E-state index >= 15 is 0 Å². The Hall–Kier alpha value is -5.18. The molecule has 0 aliphatic rings. The molecule has 54 heavy (non-hydrogen) atoms. The molecule has 0 saturated carbocycles. The van der Waals surface area contributed by atoms with Crippen LogP contribution in [-0.2, 0) is 16.2 Å². The van der Waals surface area contributed by atoms with Gasteiger partial charge in [-0.15, -0.1) is 0 Å². The summed E-state index contributed by atoms with van der Waals surface area (Å²) in [5.74, 6) is -4.74. The molecule has 0 amide bonds. The van der Waals surface area contributed by atoms with Crippen LogP contribution in [0.25, 0.3) is 43.7 Å². The summed E-state index contributed by atoms with van der Waals surface area (Å²) in [4.78, 5) is 17.2. The van der Waals surface area contributed by atoms with Crippen LogP contribution in [0.4, 0.5) is 17.6 Å². The van der Waals surface area contributed by atoms with Crippen molar-refractivity contribution in [1.82, 2.24) is 4.57 Å². The molecule has 1 unspecified atom stereocenters. The van der Waals surface area contributed by atoms with E-state index in [9.17, 15) is 22.4 Å². The lowest BCUT2D eigenvalue weighted by atomic mass is 9.89. The van der Waals surface area contributed by atoms with Crippen LogP contribution >= 0.6 is 0 Å². The van der Waals surface area contributed by atoms with Crippen LogP contribution in [0.5, 0.6) is 5.75 Å². The molecule has 1 aromatic heterocycles.